The van der Waals surface area contributed by atoms with Gasteiger partial charge in [-0.05, 0) is 31.2 Å². The van der Waals surface area contributed by atoms with E-state index in [1.54, 1.807) is 12.1 Å². The quantitative estimate of drug-likeness (QED) is 0.908. The normalized spacial score (nSPS) is 15.5. The molecule has 3 rings (SSSR count). The van der Waals surface area contributed by atoms with Crippen LogP contribution in [0, 0.1) is 5.82 Å². The molecular formula is C17H22FN5O. The van der Waals surface area contributed by atoms with Crippen molar-refractivity contribution in [1.82, 2.24) is 14.5 Å². The second-order valence-electron chi connectivity index (χ2n) is 5.83. The summed E-state index contributed by atoms with van der Waals surface area (Å²) in [6.07, 6.45) is 3.80. The molecule has 0 bridgehead atoms. The summed E-state index contributed by atoms with van der Waals surface area (Å²) < 4.78 is 15.0. The number of aromatic nitrogens is 2. The number of halogens is 1. The molecule has 0 unspecified atom stereocenters. The van der Waals surface area contributed by atoms with Gasteiger partial charge in [-0.1, -0.05) is 0 Å². The van der Waals surface area contributed by atoms with E-state index in [1.165, 1.54) is 12.1 Å². The Morgan fingerprint density at radius 3 is 2.58 bits per heavy atom. The summed E-state index contributed by atoms with van der Waals surface area (Å²) in [4.78, 5) is 20.9. The molecule has 0 spiro atoms. The van der Waals surface area contributed by atoms with Gasteiger partial charge in [-0.2, -0.15) is 0 Å². The minimum atomic E-state index is -0.311. The molecule has 1 fully saturated rings. The maximum atomic E-state index is 12.9. The van der Waals surface area contributed by atoms with E-state index in [1.807, 2.05) is 12.4 Å². The molecule has 1 aliphatic rings. The van der Waals surface area contributed by atoms with Gasteiger partial charge >= 0.3 is 0 Å². The van der Waals surface area contributed by atoms with Crippen LogP contribution in [0.2, 0.25) is 0 Å². The van der Waals surface area contributed by atoms with Gasteiger partial charge in [-0.3, -0.25) is 9.69 Å². The Balaban J connectivity index is 1.48. The number of nitrogens with one attached hydrogen (secondary N) is 1. The van der Waals surface area contributed by atoms with Gasteiger partial charge in [-0.25, -0.2) is 9.37 Å². The summed E-state index contributed by atoms with van der Waals surface area (Å²) in [6, 6.07) is 5.81. The number of benzene rings is 1. The summed E-state index contributed by atoms with van der Waals surface area (Å²) in [6.45, 7) is 6.66. The van der Waals surface area contributed by atoms with Gasteiger partial charge in [-0.15, -0.1) is 0 Å². The minimum absolute atomic E-state index is 0.0786. The van der Waals surface area contributed by atoms with E-state index in [9.17, 15) is 9.18 Å². The van der Waals surface area contributed by atoms with E-state index in [-0.39, 0.29) is 11.7 Å². The number of hydrogen-bond acceptors (Lipinski definition) is 4. The first-order valence-electron chi connectivity index (χ1n) is 8.19. The van der Waals surface area contributed by atoms with Gasteiger partial charge < -0.3 is 14.8 Å². The van der Waals surface area contributed by atoms with E-state index in [4.69, 9.17) is 0 Å². The lowest BCUT2D eigenvalue weighted by atomic mass is 10.3. The largest absolute Gasteiger partial charge is 0.340 e. The second kappa shape index (κ2) is 7.44. The van der Waals surface area contributed by atoms with Crippen LogP contribution in [-0.2, 0) is 11.3 Å². The van der Waals surface area contributed by atoms with Crippen LogP contribution in [0.25, 0.3) is 0 Å². The Morgan fingerprint density at radius 1 is 1.21 bits per heavy atom. The van der Waals surface area contributed by atoms with E-state index < -0.39 is 0 Å². The molecule has 1 aromatic heterocycles. The predicted octanol–water partition coefficient (Wildman–Crippen LogP) is 1.80. The zero-order valence-electron chi connectivity index (χ0n) is 13.8. The number of amides is 1. The fraction of sp³-hybridized carbons (Fsp3) is 0.412. The first-order chi connectivity index (χ1) is 11.7. The van der Waals surface area contributed by atoms with E-state index >= 15 is 0 Å². The number of imidazole rings is 1. The zero-order valence-corrected chi connectivity index (χ0v) is 13.8. The number of carbonyl (C=O) groups excluding carboxylic acids is 1. The fourth-order valence-corrected chi connectivity index (χ4v) is 2.87. The van der Waals surface area contributed by atoms with Crippen LogP contribution in [-0.4, -0.2) is 53.1 Å². The Hall–Kier alpha value is -2.41. The molecular weight excluding hydrogens is 309 g/mol. The van der Waals surface area contributed by atoms with Crippen molar-refractivity contribution < 1.29 is 9.18 Å². The molecule has 24 heavy (non-hydrogen) atoms. The Bertz CT molecular complexity index is 677. The van der Waals surface area contributed by atoms with Crippen LogP contribution >= 0.6 is 0 Å². The van der Waals surface area contributed by atoms with E-state index in [0.717, 1.165) is 38.7 Å². The van der Waals surface area contributed by atoms with Gasteiger partial charge in [0, 0.05) is 50.8 Å². The smallest absolute Gasteiger partial charge is 0.238 e. The molecule has 2 aromatic rings. The second-order valence-corrected chi connectivity index (χ2v) is 5.83. The van der Waals surface area contributed by atoms with Gasteiger partial charge in [0.1, 0.15) is 5.82 Å². The summed E-state index contributed by atoms with van der Waals surface area (Å²) >= 11 is 0. The molecule has 1 N–H and O–H groups in total. The van der Waals surface area contributed by atoms with E-state index in [0.29, 0.717) is 12.2 Å². The Kier molecular flexibility index (Phi) is 5.10. The third-order valence-corrected chi connectivity index (χ3v) is 4.18. The standard InChI is InChI=1S/C17H22FN5O/c1-2-22-8-7-19-17(22)23-11-9-21(10-12-23)13-16(24)20-15-5-3-14(18)4-6-15/h3-8H,2,9-13H2,1H3,(H,20,24). The highest BCUT2D eigenvalue weighted by atomic mass is 19.1. The molecule has 6 nitrogen and oxygen atoms in total. The average molecular weight is 331 g/mol. The molecule has 1 aromatic carbocycles. The number of carbonyl (C=O) groups is 1. The number of anilines is 2. The van der Waals surface area contributed by atoms with E-state index in [2.05, 4.69) is 31.6 Å². The van der Waals surface area contributed by atoms with Crippen molar-refractivity contribution in [3.05, 3.63) is 42.5 Å². The lowest BCUT2D eigenvalue weighted by molar-refractivity contribution is -0.117. The van der Waals surface area contributed by atoms with Crippen LogP contribution in [0.3, 0.4) is 0 Å². The third kappa shape index (κ3) is 3.91. The SMILES string of the molecule is CCn1ccnc1N1CCN(CC(=O)Nc2ccc(F)cc2)CC1. The van der Waals surface area contributed by atoms with Crippen LogP contribution in [0.1, 0.15) is 6.92 Å². The highest BCUT2D eigenvalue weighted by Gasteiger charge is 2.21. The molecule has 0 radical (unpaired) electrons. The van der Waals surface area contributed by atoms with Crippen LogP contribution < -0.4 is 10.2 Å². The van der Waals surface area contributed by atoms with Crippen molar-refractivity contribution in [1.29, 1.82) is 0 Å². The summed E-state index contributed by atoms with van der Waals surface area (Å²) in [5.74, 6) is 0.604. The van der Waals surface area contributed by atoms with Gasteiger partial charge in [0.2, 0.25) is 11.9 Å². The monoisotopic (exact) mass is 331 g/mol. The maximum absolute atomic E-state index is 12.9. The first-order valence-corrected chi connectivity index (χ1v) is 8.19. The van der Waals surface area contributed by atoms with Crippen molar-refractivity contribution in [2.45, 2.75) is 13.5 Å². The number of rotatable bonds is 5. The third-order valence-electron chi connectivity index (χ3n) is 4.18. The minimum Gasteiger partial charge on any atom is -0.340 e. The van der Waals surface area contributed by atoms with Crippen LogP contribution in [0.4, 0.5) is 16.0 Å². The maximum Gasteiger partial charge on any atom is 0.238 e. The molecule has 1 aliphatic heterocycles. The Labute approximate surface area is 140 Å². The molecule has 1 amide bonds. The van der Waals surface area contributed by atoms with Crippen molar-refractivity contribution in [2.24, 2.45) is 0 Å². The first kappa shape index (κ1) is 16.4. The summed E-state index contributed by atoms with van der Waals surface area (Å²) in [5, 5.41) is 2.80. The zero-order chi connectivity index (χ0) is 16.9. The fourth-order valence-electron chi connectivity index (χ4n) is 2.87. The lowest BCUT2D eigenvalue weighted by Crippen LogP contribution is -2.49. The van der Waals surface area contributed by atoms with Crippen molar-refractivity contribution in [3.63, 3.8) is 0 Å². The molecule has 1 saturated heterocycles. The molecule has 128 valence electrons. The van der Waals surface area contributed by atoms with Crippen molar-refractivity contribution in [2.75, 3.05) is 42.9 Å². The molecule has 0 atom stereocenters. The summed E-state index contributed by atoms with van der Waals surface area (Å²) in [5.41, 5.74) is 0.616. The summed E-state index contributed by atoms with van der Waals surface area (Å²) in [7, 11) is 0. The number of aryl methyl sites for hydroxylation is 1. The highest BCUT2D eigenvalue weighted by molar-refractivity contribution is 5.92. The number of piperazine rings is 1. The van der Waals surface area contributed by atoms with Gasteiger partial charge in [0.05, 0.1) is 6.54 Å². The van der Waals surface area contributed by atoms with Crippen molar-refractivity contribution in [3.8, 4) is 0 Å². The number of hydrogen-bond donors (Lipinski definition) is 1. The van der Waals surface area contributed by atoms with Crippen LogP contribution in [0.15, 0.2) is 36.7 Å². The predicted molar refractivity (Wildman–Crippen MR) is 91.6 cm³/mol. The molecule has 0 aliphatic carbocycles. The molecule has 2 heterocycles. The molecule has 0 saturated carbocycles. The van der Waals surface area contributed by atoms with Crippen LogP contribution in [0.5, 0.6) is 0 Å². The van der Waals surface area contributed by atoms with Gasteiger partial charge in [0.15, 0.2) is 0 Å². The number of nitrogens with zero attached hydrogens (tertiary/aromatic N) is 4. The molecule has 7 heteroatoms. The highest BCUT2D eigenvalue weighted by Crippen LogP contribution is 2.14. The van der Waals surface area contributed by atoms with Gasteiger partial charge in [0.25, 0.3) is 0 Å². The Morgan fingerprint density at radius 2 is 1.92 bits per heavy atom. The average Bonchev–Trinajstić information content (AvgIpc) is 3.06. The topological polar surface area (TPSA) is 53.4 Å². The lowest BCUT2D eigenvalue weighted by Gasteiger charge is -2.35. The van der Waals surface area contributed by atoms with Crippen molar-refractivity contribution >= 4 is 17.5 Å².